The second-order valence-corrected chi connectivity index (χ2v) is 5.49. The van der Waals surface area contributed by atoms with Crippen molar-refractivity contribution >= 4 is 27.3 Å². The molecule has 1 heterocycles. The minimum Gasteiger partial charge on any atom is -0.396 e. The lowest BCUT2D eigenvalue weighted by atomic mass is 9.96. The molecular weight excluding hydrogens is 286 g/mol. The summed E-state index contributed by atoms with van der Waals surface area (Å²) < 4.78 is 1.05. The van der Waals surface area contributed by atoms with Crippen LogP contribution in [0.2, 0.25) is 0 Å². The molecule has 1 N–H and O–H groups in total. The van der Waals surface area contributed by atoms with Crippen LogP contribution in [-0.2, 0) is 6.42 Å². The average Bonchev–Trinajstić information content (AvgIpc) is 2.78. The van der Waals surface area contributed by atoms with Crippen LogP contribution >= 0.6 is 27.3 Å². The number of aliphatic hydroxyl groups excluding tert-OH is 1. The predicted molar refractivity (Wildman–Crippen MR) is 69.8 cm³/mol. The van der Waals surface area contributed by atoms with Crippen LogP contribution in [0, 0.1) is 0 Å². The molecule has 0 saturated carbocycles. The molecule has 0 spiro atoms. The van der Waals surface area contributed by atoms with Crippen molar-refractivity contribution in [3.8, 4) is 0 Å². The molecule has 4 heteroatoms. The Morgan fingerprint density at radius 1 is 1.44 bits per heavy atom. The lowest BCUT2D eigenvalue weighted by Gasteiger charge is -2.13. The Kier molecular flexibility index (Phi) is 4.09. The molecule has 2 rings (SSSR count). The zero-order valence-corrected chi connectivity index (χ0v) is 11.0. The largest absolute Gasteiger partial charge is 0.396 e. The van der Waals surface area contributed by atoms with Crippen molar-refractivity contribution in [1.29, 1.82) is 0 Å². The highest BCUT2D eigenvalue weighted by molar-refractivity contribution is 9.10. The molecule has 1 unspecified atom stereocenters. The van der Waals surface area contributed by atoms with E-state index in [4.69, 9.17) is 0 Å². The van der Waals surface area contributed by atoms with Crippen LogP contribution < -0.4 is 0 Å². The molecule has 16 heavy (non-hydrogen) atoms. The highest BCUT2D eigenvalue weighted by Gasteiger charge is 2.12. The van der Waals surface area contributed by atoms with Crippen molar-refractivity contribution < 1.29 is 5.11 Å². The third-order valence-electron chi connectivity index (χ3n) is 2.47. The van der Waals surface area contributed by atoms with Gasteiger partial charge in [-0.1, -0.05) is 28.1 Å². The quantitative estimate of drug-likeness (QED) is 0.940. The number of nitrogens with zero attached hydrogens (tertiary/aromatic N) is 1. The second-order valence-electron chi connectivity index (χ2n) is 3.61. The normalized spacial score (nSPS) is 12.6. The topological polar surface area (TPSA) is 33.1 Å². The van der Waals surface area contributed by atoms with E-state index in [1.807, 2.05) is 29.9 Å². The Morgan fingerprint density at radius 2 is 2.31 bits per heavy atom. The standard InChI is InChI=1S/C12H12BrNOS/c13-11-3-1-2-9(4-11)10(7-15)5-12-6-14-8-16-12/h1-4,6,8,10,15H,5,7H2. The number of rotatable bonds is 4. The molecule has 0 fully saturated rings. The Labute approximate surface area is 107 Å². The molecule has 0 bridgehead atoms. The van der Waals surface area contributed by atoms with Gasteiger partial charge in [0.1, 0.15) is 0 Å². The Balaban J connectivity index is 2.16. The molecule has 0 amide bonds. The van der Waals surface area contributed by atoms with Gasteiger partial charge < -0.3 is 5.11 Å². The molecule has 2 nitrogen and oxygen atoms in total. The fourth-order valence-electron chi connectivity index (χ4n) is 1.63. The molecule has 0 aliphatic carbocycles. The number of aromatic nitrogens is 1. The fraction of sp³-hybridized carbons (Fsp3) is 0.250. The summed E-state index contributed by atoms with van der Waals surface area (Å²) in [5, 5.41) is 9.44. The van der Waals surface area contributed by atoms with Gasteiger partial charge in [-0.05, 0) is 24.1 Å². The predicted octanol–water partition coefficient (Wildman–Crippen LogP) is 3.22. The van der Waals surface area contributed by atoms with E-state index in [0.717, 1.165) is 16.5 Å². The summed E-state index contributed by atoms with van der Waals surface area (Å²) >= 11 is 5.08. The van der Waals surface area contributed by atoms with E-state index in [1.165, 1.54) is 4.88 Å². The van der Waals surface area contributed by atoms with Gasteiger partial charge >= 0.3 is 0 Å². The molecule has 0 radical (unpaired) electrons. The van der Waals surface area contributed by atoms with Gasteiger partial charge in [0, 0.05) is 21.5 Å². The first-order valence-electron chi connectivity index (χ1n) is 5.03. The van der Waals surface area contributed by atoms with Gasteiger partial charge in [0.05, 0.1) is 12.1 Å². The van der Waals surface area contributed by atoms with E-state index in [0.29, 0.717) is 0 Å². The molecule has 1 aromatic carbocycles. The van der Waals surface area contributed by atoms with Gasteiger partial charge in [0.25, 0.3) is 0 Å². The van der Waals surface area contributed by atoms with E-state index in [9.17, 15) is 5.11 Å². The van der Waals surface area contributed by atoms with Gasteiger partial charge in [-0.25, -0.2) is 0 Å². The number of hydrogen-bond acceptors (Lipinski definition) is 3. The van der Waals surface area contributed by atoms with Crippen LogP contribution in [0.25, 0.3) is 0 Å². The monoisotopic (exact) mass is 297 g/mol. The SMILES string of the molecule is OCC(Cc1cncs1)c1cccc(Br)c1. The summed E-state index contributed by atoms with van der Waals surface area (Å²) in [6, 6.07) is 8.09. The van der Waals surface area contributed by atoms with Gasteiger partial charge in [0.2, 0.25) is 0 Å². The average molecular weight is 298 g/mol. The van der Waals surface area contributed by atoms with Gasteiger partial charge in [0.15, 0.2) is 0 Å². The van der Waals surface area contributed by atoms with Crippen molar-refractivity contribution in [1.82, 2.24) is 4.98 Å². The number of thiazole rings is 1. The van der Waals surface area contributed by atoms with E-state index in [-0.39, 0.29) is 12.5 Å². The highest BCUT2D eigenvalue weighted by atomic mass is 79.9. The first-order chi connectivity index (χ1) is 7.79. The summed E-state index contributed by atoms with van der Waals surface area (Å²) in [4.78, 5) is 5.26. The zero-order valence-electron chi connectivity index (χ0n) is 8.64. The van der Waals surface area contributed by atoms with Crippen molar-refractivity contribution in [3.63, 3.8) is 0 Å². The van der Waals surface area contributed by atoms with E-state index >= 15 is 0 Å². The molecule has 0 saturated heterocycles. The molecule has 84 valence electrons. The minimum absolute atomic E-state index is 0.151. The Hall–Kier alpha value is -0.710. The minimum atomic E-state index is 0.151. The van der Waals surface area contributed by atoms with Crippen molar-refractivity contribution in [2.45, 2.75) is 12.3 Å². The molecule has 0 aliphatic heterocycles. The maximum absolute atomic E-state index is 9.44. The van der Waals surface area contributed by atoms with E-state index < -0.39 is 0 Å². The lowest BCUT2D eigenvalue weighted by Crippen LogP contribution is -2.06. The molecule has 1 atom stereocenters. The zero-order chi connectivity index (χ0) is 11.4. The number of halogens is 1. The van der Waals surface area contributed by atoms with Crippen LogP contribution in [0.15, 0.2) is 40.4 Å². The van der Waals surface area contributed by atoms with Crippen molar-refractivity contribution in [2.75, 3.05) is 6.61 Å². The summed E-state index contributed by atoms with van der Waals surface area (Å²) in [5.41, 5.74) is 2.98. The van der Waals surface area contributed by atoms with Crippen molar-refractivity contribution in [3.05, 3.63) is 50.9 Å². The number of hydrogen-bond donors (Lipinski definition) is 1. The third-order valence-corrected chi connectivity index (χ3v) is 3.77. The maximum atomic E-state index is 9.44. The molecule has 0 aliphatic rings. The molecule has 2 aromatic rings. The van der Waals surface area contributed by atoms with Gasteiger partial charge in [-0.2, -0.15) is 0 Å². The first kappa shape index (κ1) is 11.8. The van der Waals surface area contributed by atoms with E-state index in [2.05, 4.69) is 27.0 Å². The fourth-order valence-corrected chi connectivity index (χ4v) is 2.73. The number of aliphatic hydroxyl groups is 1. The van der Waals surface area contributed by atoms with Crippen LogP contribution in [-0.4, -0.2) is 16.7 Å². The van der Waals surface area contributed by atoms with E-state index in [1.54, 1.807) is 11.3 Å². The van der Waals surface area contributed by atoms with Gasteiger partial charge in [-0.15, -0.1) is 11.3 Å². The van der Waals surface area contributed by atoms with Crippen LogP contribution in [0.4, 0.5) is 0 Å². The summed E-state index contributed by atoms with van der Waals surface area (Å²) in [6.45, 7) is 0.161. The third kappa shape index (κ3) is 2.90. The summed E-state index contributed by atoms with van der Waals surface area (Å²) in [5.74, 6) is 0.151. The van der Waals surface area contributed by atoms with Crippen LogP contribution in [0.5, 0.6) is 0 Å². The summed E-state index contributed by atoms with van der Waals surface area (Å²) in [7, 11) is 0. The smallest absolute Gasteiger partial charge is 0.0794 e. The Morgan fingerprint density at radius 3 is 2.94 bits per heavy atom. The first-order valence-corrected chi connectivity index (χ1v) is 6.70. The molecule has 1 aromatic heterocycles. The highest BCUT2D eigenvalue weighted by Crippen LogP contribution is 2.24. The second kappa shape index (κ2) is 5.57. The summed E-state index contributed by atoms with van der Waals surface area (Å²) in [6.07, 6.45) is 2.71. The maximum Gasteiger partial charge on any atom is 0.0794 e. The van der Waals surface area contributed by atoms with Gasteiger partial charge in [-0.3, -0.25) is 4.98 Å². The van der Waals surface area contributed by atoms with Crippen molar-refractivity contribution in [2.24, 2.45) is 0 Å². The number of benzene rings is 1. The lowest BCUT2D eigenvalue weighted by molar-refractivity contribution is 0.265. The van der Waals surface area contributed by atoms with Crippen LogP contribution in [0.3, 0.4) is 0 Å². The van der Waals surface area contributed by atoms with Crippen LogP contribution in [0.1, 0.15) is 16.4 Å². The Bertz CT molecular complexity index is 444. The molecular formula is C12H12BrNOS.